The Hall–Kier alpha value is -7.02. The van der Waals surface area contributed by atoms with Crippen LogP contribution >= 0.6 is 0 Å². The van der Waals surface area contributed by atoms with Crippen LogP contribution in [0.4, 0.5) is 0 Å². The van der Waals surface area contributed by atoms with Crippen molar-refractivity contribution in [1.82, 2.24) is 0 Å². The fourth-order valence-electron chi connectivity index (χ4n) is 9.76. The Labute approximate surface area is 313 Å². The van der Waals surface area contributed by atoms with E-state index in [4.69, 9.17) is 0 Å². The van der Waals surface area contributed by atoms with Crippen molar-refractivity contribution in [2.75, 3.05) is 0 Å². The molecular weight excluding hydrogens is 649 g/mol. The fourth-order valence-corrected chi connectivity index (χ4v) is 9.76. The number of hydrogen-bond donors (Lipinski definition) is 0. The molecule has 1 aliphatic rings. The molecule has 54 heavy (non-hydrogen) atoms. The van der Waals surface area contributed by atoms with Crippen LogP contribution in [0.1, 0.15) is 0 Å². The van der Waals surface area contributed by atoms with E-state index < -0.39 is 0 Å². The summed E-state index contributed by atoms with van der Waals surface area (Å²) in [6, 6.07) is 72.2. The molecular formula is C54H32. The van der Waals surface area contributed by atoms with E-state index in [-0.39, 0.29) is 0 Å². The summed E-state index contributed by atoms with van der Waals surface area (Å²) >= 11 is 0. The maximum absolute atomic E-state index is 2.43. The average Bonchev–Trinajstić information content (AvgIpc) is 3.58. The van der Waals surface area contributed by atoms with Crippen LogP contribution in [0.25, 0.3) is 121 Å². The maximum Gasteiger partial charge on any atom is -0.000718 e. The monoisotopic (exact) mass is 680 g/mol. The quantitative estimate of drug-likeness (QED) is 0.128. The van der Waals surface area contributed by atoms with Crippen molar-refractivity contribution in [2.24, 2.45) is 0 Å². The molecule has 11 aromatic carbocycles. The van der Waals surface area contributed by atoms with Crippen LogP contribution in [0.5, 0.6) is 0 Å². The third-order valence-electron chi connectivity index (χ3n) is 11.9. The van der Waals surface area contributed by atoms with Gasteiger partial charge in [0.15, 0.2) is 0 Å². The Kier molecular flexibility index (Phi) is 6.15. The zero-order valence-corrected chi connectivity index (χ0v) is 29.5. The van der Waals surface area contributed by atoms with E-state index in [2.05, 4.69) is 194 Å². The van der Waals surface area contributed by atoms with E-state index in [1.165, 1.54) is 121 Å². The number of benzene rings is 11. The highest BCUT2D eigenvalue weighted by molar-refractivity contribution is 6.39. The Morgan fingerprint density at radius 2 is 0.685 bits per heavy atom. The second kappa shape index (κ2) is 11.2. The summed E-state index contributed by atoms with van der Waals surface area (Å²) < 4.78 is 0. The molecule has 0 saturated heterocycles. The zero-order valence-electron chi connectivity index (χ0n) is 29.5. The molecule has 12 rings (SSSR count). The largest absolute Gasteiger partial charge is 0.0622 e. The van der Waals surface area contributed by atoms with E-state index in [1.807, 2.05) is 0 Å². The first-order valence-electron chi connectivity index (χ1n) is 18.9. The minimum atomic E-state index is 1.22. The van der Waals surface area contributed by atoms with Crippen LogP contribution in [-0.2, 0) is 0 Å². The molecule has 0 spiro atoms. The molecule has 248 valence electrons. The van der Waals surface area contributed by atoms with Gasteiger partial charge in [-0.1, -0.05) is 188 Å². The smallest absolute Gasteiger partial charge is 0.000718 e. The molecule has 0 aromatic heterocycles. The Morgan fingerprint density at radius 3 is 1.37 bits per heavy atom. The highest BCUT2D eigenvalue weighted by Crippen LogP contribution is 2.60. The molecule has 0 nitrogen and oxygen atoms in total. The van der Waals surface area contributed by atoms with Gasteiger partial charge < -0.3 is 0 Å². The lowest BCUT2D eigenvalue weighted by Crippen LogP contribution is -1.95. The summed E-state index contributed by atoms with van der Waals surface area (Å²) in [6.07, 6.45) is 0. The first kappa shape index (κ1) is 29.5. The maximum atomic E-state index is 2.43. The van der Waals surface area contributed by atoms with Gasteiger partial charge in [0.2, 0.25) is 0 Å². The minimum Gasteiger partial charge on any atom is -0.0622 e. The van der Waals surface area contributed by atoms with Gasteiger partial charge in [0, 0.05) is 0 Å². The van der Waals surface area contributed by atoms with Gasteiger partial charge in [-0.2, -0.15) is 0 Å². The molecule has 0 saturated carbocycles. The van der Waals surface area contributed by atoms with Crippen molar-refractivity contribution in [2.45, 2.75) is 0 Å². The van der Waals surface area contributed by atoms with E-state index >= 15 is 0 Å². The second-order valence-electron chi connectivity index (χ2n) is 14.7. The summed E-state index contributed by atoms with van der Waals surface area (Å²) in [5.74, 6) is 0. The van der Waals surface area contributed by atoms with Gasteiger partial charge in [0.1, 0.15) is 0 Å². The Morgan fingerprint density at radius 1 is 0.204 bits per heavy atom. The highest BCUT2D eigenvalue weighted by atomic mass is 14.3. The van der Waals surface area contributed by atoms with Crippen molar-refractivity contribution >= 4 is 53.9 Å². The third-order valence-corrected chi connectivity index (χ3v) is 11.9. The number of fused-ring (bicyclic) bond motifs is 6. The molecule has 11 aromatic rings. The Bertz CT molecular complexity index is 3250. The van der Waals surface area contributed by atoms with Gasteiger partial charge in [0.05, 0.1) is 0 Å². The van der Waals surface area contributed by atoms with Crippen molar-refractivity contribution in [3.63, 3.8) is 0 Å². The van der Waals surface area contributed by atoms with E-state index in [0.29, 0.717) is 0 Å². The SMILES string of the molecule is c1ccc(-c2cccc(-c3c4c(c(-c5ccccc5-c5ccccc5)c5ccccc35)-c3ccc5c6cccc7cccc(c8ccc-4c3c85)c76)c2)cc1. The standard InChI is InChI=1S/C54H32/c1-3-14-33(15-4-1)36-20-11-21-37(32-36)49-42-24-9-10-25-43(42)51(39-23-8-7-22-38(39)34-16-5-2-6-17-34)54-47-31-29-45-41-27-13-19-35-18-12-26-40(48(35)41)44-28-30-46(53(49)54)52(47)50(44)45/h1-32H. The van der Waals surface area contributed by atoms with Gasteiger partial charge in [-0.05, 0) is 127 Å². The predicted molar refractivity (Wildman–Crippen MR) is 231 cm³/mol. The molecule has 0 heteroatoms. The highest BCUT2D eigenvalue weighted by Gasteiger charge is 2.32. The predicted octanol–water partition coefficient (Wildman–Crippen LogP) is 15.2. The summed E-state index contributed by atoms with van der Waals surface area (Å²) in [7, 11) is 0. The second-order valence-corrected chi connectivity index (χ2v) is 14.7. The van der Waals surface area contributed by atoms with Crippen molar-refractivity contribution in [3.8, 4) is 66.8 Å². The van der Waals surface area contributed by atoms with Crippen LogP contribution in [0.2, 0.25) is 0 Å². The molecule has 0 atom stereocenters. The van der Waals surface area contributed by atoms with Gasteiger partial charge in [-0.15, -0.1) is 0 Å². The van der Waals surface area contributed by atoms with Crippen molar-refractivity contribution < 1.29 is 0 Å². The van der Waals surface area contributed by atoms with Gasteiger partial charge in [-0.25, -0.2) is 0 Å². The molecule has 0 unspecified atom stereocenters. The molecule has 0 heterocycles. The van der Waals surface area contributed by atoms with Crippen LogP contribution in [0, 0.1) is 0 Å². The lowest BCUT2D eigenvalue weighted by atomic mass is 9.80. The molecule has 0 fully saturated rings. The van der Waals surface area contributed by atoms with E-state index in [0.717, 1.165) is 0 Å². The van der Waals surface area contributed by atoms with Crippen molar-refractivity contribution in [3.05, 3.63) is 194 Å². The summed E-state index contributed by atoms with van der Waals surface area (Å²) in [5, 5.41) is 13.2. The molecule has 1 aliphatic carbocycles. The summed E-state index contributed by atoms with van der Waals surface area (Å²) in [4.78, 5) is 0. The number of rotatable bonds is 4. The normalized spacial score (nSPS) is 12.1. The molecule has 0 radical (unpaired) electrons. The van der Waals surface area contributed by atoms with Gasteiger partial charge >= 0.3 is 0 Å². The molecule has 0 aliphatic heterocycles. The summed E-state index contributed by atoms with van der Waals surface area (Å²) in [6.45, 7) is 0. The van der Waals surface area contributed by atoms with Gasteiger partial charge in [-0.3, -0.25) is 0 Å². The number of hydrogen-bond acceptors (Lipinski definition) is 0. The van der Waals surface area contributed by atoms with Crippen molar-refractivity contribution in [1.29, 1.82) is 0 Å². The van der Waals surface area contributed by atoms with Crippen LogP contribution in [0.3, 0.4) is 0 Å². The van der Waals surface area contributed by atoms with Crippen LogP contribution in [0.15, 0.2) is 194 Å². The topological polar surface area (TPSA) is 0 Å². The molecule has 0 N–H and O–H groups in total. The lowest BCUT2D eigenvalue weighted by molar-refractivity contribution is 1.58. The summed E-state index contributed by atoms with van der Waals surface area (Å²) in [5.41, 5.74) is 15.3. The zero-order chi connectivity index (χ0) is 35.3. The molecule has 0 amide bonds. The molecule has 0 bridgehead atoms. The minimum absolute atomic E-state index is 1.22. The average molecular weight is 681 g/mol. The first-order chi connectivity index (χ1) is 26.8. The van der Waals surface area contributed by atoms with Crippen LogP contribution in [-0.4, -0.2) is 0 Å². The van der Waals surface area contributed by atoms with E-state index in [1.54, 1.807) is 0 Å². The van der Waals surface area contributed by atoms with E-state index in [9.17, 15) is 0 Å². The third kappa shape index (κ3) is 4.03. The fraction of sp³-hybridized carbons (Fsp3) is 0. The lowest BCUT2D eigenvalue weighted by Gasteiger charge is -2.22. The van der Waals surface area contributed by atoms with Crippen LogP contribution < -0.4 is 0 Å². The van der Waals surface area contributed by atoms with Gasteiger partial charge in [0.25, 0.3) is 0 Å². The first-order valence-corrected chi connectivity index (χ1v) is 18.9. The Balaban J connectivity index is 1.28.